The molecule has 4 nitrogen and oxygen atoms in total. The van der Waals surface area contributed by atoms with Crippen LogP contribution in [0.4, 0.5) is 5.82 Å². The lowest BCUT2D eigenvalue weighted by Crippen LogP contribution is -2.20. The van der Waals surface area contributed by atoms with Crippen LogP contribution in [0.25, 0.3) is 11.3 Å². The summed E-state index contributed by atoms with van der Waals surface area (Å²) in [6.45, 7) is 1.33. The molecule has 1 fully saturated rings. The summed E-state index contributed by atoms with van der Waals surface area (Å²) in [5, 5.41) is 13.0. The summed E-state index contributed by atoms with van der Waals surface area (Å²) in [6, 6.07) is 20.1. The van der Waals surface area contributed by atoms with Crippen molar-refractivity contribution < 1.29 is 0 Å². The van der Waals surface area contributed by atoms with E-state index in [0.717, 1.165) is 47.0 Å². The van der Waals surface area contributed by atoms with Gasteiger partial charge in [-0.2, -0.15) is 0 Å². The molecule has 1 heterocycles. The quantitative estimate of drug-likeness (QED) is 0.680. The molecular weight excluding hydrogens is 344 g/mol. The zero-order valence-corrected chi connectivity index (χ0v) is 15.2. The molecule has 5 heteroatoms. The highest BCUT2D eigenvalue weighted by molar-refractivity contribution is 6.31. The number of benzene rings is 2. The van der Waals surface area contributed by atoms with Crippen LogP contribution in [0, 0.1) is 0 Å². The fourth-order valence-electron chi connectivity index (χ4n) is 3.28. The lowest BCUT2D eigenvalue weighted by Gasteiger charge is -2.18. The monoisotopic (exact) mass is 364 g/mol. The smallest absolute Gasteiger partial charge is 0.148 e. The number of halogens is 1. The van der Waals surface area contributed by atoms with Crippen molar-refractivity contribution in [3.05, 3.63) is 76.8 Å². The highest BCUT2D eigenvalue weighted by Gasteiger charge is 2.45. The Bertz CT molecular complexity index is 904. The maximum atomic E-state index is 6.38. The Hall–Kier alpha value is -2.43. The minimum absolute atomic E-state index is 0.119. The molecular formula is C21H21ClN4. The number of nitrogens with zero attached hydrogens (tertiary/aromatic N) is 2. The number of hydrogen-bond donors (Lipinski definition) is 2. The summed E-state index contributed by atoms with van der Waals surface area (Å²) in [6.07, 6.45) is 2.28. The molecule has 0 amide bonds. The molecule has 26 heavy (non-hydrogen) atoms. The zero-order chi connectivity index (χ0) is 18.0. The van der Waals surface area contributed by atoms with Crippen molar-refractivity contribution >= 4 is 17.4 Å². The van der Waals surface area contributed by atoms with Gasteiger partial charge in [-0.15, -0.1) is 10.2 Å². The Labute approximate surface area is 158 Å². The molecule has 1 aliphatic rings. The summed E-state index contributed by atoms with van der Waals surface area (Å²) in [5.74, 6) is 0.780. The average Bonchev–Trinajstić information content (AvgIpc) is 3.48. The van der Waals surface area contributed by atoms with Crippen LogP contribution in [0.3, 0.4) is 0 Å². The van der Waals surface area contributed by atoms with E-state index in [0.29, 0.717) is 6.54 Å². The summed E-state index contributed by atoms with van der Waals surface area (Å²) >= 11 is 6.38. The number of nitrogens with one attached hydrogen (secondary N) is 1. The van der Waals surface area contributed by atoms with E-state index >= 15 is 0 Å². The zero-order valence-electron chi connectivity index (χ0n) is 14.5. The molecule has 0 spiro atoms. The molecule has 1 saturated carbocycles. The Morgan fingerprint density at radius 3 is 2.54 bits per heavy atom. The highest BCUT2D eigenvalue weighted by Crippen LogP contribution is 2.50. The number of rotatable bonds is 6. The molecule has 2 aromatic carbocycles. The Morgan fingerprint density at radius 1 is 1.00 bits per heavy atom. The molecule has 1 aliphatic carbocycles. The van der Waals surface area contributed by atoms with E-state index in [1.807, 2.05) is 54.6 Å². The standard InChI is InChI=1S/C21H21ClN4/c22-18-7-2-1-6-17(18)21(10-11-21)14-24-20-9-8-19(25-26-20)16-5-3-4-15(12-16)13-23/h1-9,12H,10-11,13-14,23H2,(H,24,26). The molecule has 1 aromatic heterocycles. The number of hydrogen-bond acceptors (Lipinski definition) is 4. The van der Waals surface area contributed by atoms with Crippen LogP contribution in [0.15, 0.2) is 60.7 Å². The van der Waals surface area contributed by atoms with Gasteiger partial charge in [0.2, 0.25) is 0 Å². The molecule has 0 unspecified atom stereocenters. The summed E-state index contributed by atoms with van der Waals surface area (Å²) in [4.78, 5) is 0. The van der Waals surface area contributed by atoms with E-state index < -0.39 is 0 Å². The van der Waals surface area contributed by atoms with Crippen LogP contribution in [0.1, 0.15) is 24.0 Å². The van der Waals surface area contributed by atoms with Crippen LogP contribution in [-0.2, 0) is 12.0 Å². The predicted molar refractivity (Wildman–Crippen MR) is 106 cm³/mol. The van der Waals surface area contributed by atoms with E-state index in [4.69, 9.17) is 17.3 Å². The van der Waals surface area contributed by atoms with Crippen LogP contribution in [-0.4, -0.2) is 16.7 Å². The van der Waals surface area contributed by atoms with Gasteiger partial charge in [0.15, 0.2) is 0 Å². The fourth-order valence-corrected chi connectivity index (χ4v) is 3.62. The average molecular weight is 365 g/mol. The third-order valence-electron chi connectivity index (χ3n) is 5.03. The van der Waals surface area contributed by atoms with Gasteiger partial charge in [0.25, 0.3) is 0 Å². The molecule has 0 aliphatic heterocycles. The van der Waals surface area contributed by atoms with Gasteiger partial charge in [0, 0.05) is 29.1 Å². The third kappa shape index (κ3) is 3.43. The molecule has 0 bridgehead atoms. The van der Waals surface area contributed by atoms with Crippen molar-refractivity contribution in [1.82, 2.24) is 10.2 Å². The van der Waals surface area contributed by atoms with Crippen molar-refractivity contribution in [2.75, 3.05) is 11.9 Å². The van der Waals surface area contributed by atoms with Crippen molar-refractivity contribution in [2.45, 2.75) is 24.8 Å². The lowest BCUT2D eigenvalue weighted by molar-refractivity contribution is 0.728. The van der Waals surface area contributed by atoms with Gasteiger partial charge < -0.3 is 11.1 Å². The normalized spacial score (nSPS) is 14.8. The van der Waals surface area contributed by atoms with Crippen molar-refractivity contribution in [2.24, 2.45) is 5.73 Å². The van der Waals surface area contributed by atoms with Crippen molar-refractivity contribution in [3.8, 4) is 11.3 Å². The van der Waals surface area contributed by atoms with Gasteiger partial charge in [-0.05, 0) is 48.2 Å². The second kappa shape index (κ2) is 7.06. The third-order valence-corrected chi connectivity index (χ3v) is 5.36. The first-order valence-corrected chi connectivity index (χ1v) is 9.20. The molecule has 3 N–H and O–H groups in total. The molecule has 3 aromatic rings. The van der Waals surface area contributed by atoms with E-state index in [9.17, 15) is 0 Å². The van der Waals surface area contributed by atoms with Gasteiger partial charge >= 0.3 is 0 Å². The summed E-state index contributed by atoms with van der Waals surface area (Å²) < 4.78 is 0. The second-order valence-corrected chi connectivity index (χ2v) is 7.23. The Balaban J connectivity index is 1.46. The number of nitrogens with two attached hydrogens (primary N) is 1. The predicted octanol–water partition coefficient (Wildman–Crippen LogP) is 4.40. The molecule has 4 rings (SSSR count). The largest absolute Gasteiger partial charge is 0.368 e. The van der Waals surface area contributed by atoms with Gasteiger partial charge in [-0.3, -0.25) is 0 Å². The SMILES string of the molecule is NCc1cccc(-c2ccc(NCC3(c4ccccc4Cl)CC3)nn2)c1. The summed E-state index contributed by atoms with van der Waals surface area (Å²) in [7, 11) is 0. The molecule has 0 atom stereocenters. The van der Waals surface area contributed by atoms with Crippen LogP contribution in [0.5, 0.6) is 0 Å². The minimum atomic E-state index is 0.119. The van der Waals surface area contributed by atoms with E-state index in [1.165, 1.54) is 5.56 Å². The first-order chi connectivity index (χ1) is 12.7. The topological polar surface area (TPSA) is 63.8 Å². The van der Waals surface area contributed by atoms with E-state index in [1.54, 1.807) is 0 Å². The second-order valence-electron chi connectivity index (χ2n) is 6.82. The van der Waals surface area contributed by atoms with Crippen molar-refractivity contribution in [3.63, 3.8) is 0 Å². The molecule has 0 saturated heterocycles. The molecule has 132 valence electrons. The van der Waals surface area contributed by atoms with Crippen LogP contribution in [0.2, 0.25) is 5.02 Å². The fraction of sp³-hybridized carbons (Fsp3) is 0.238. The highest BCUT2D eigenvalue weighted by atomic mass is 35.5. The maximum absolute atomic E-state index is 6.38. The maximum Gasteiger partial charge on any atom is 0.148 e. The van der Waals surface area contributed by atoms with Gasteiger partial charge in [-0.25, -0.2) is 0 Å². The first kappa shape index (κ1) is 17.0. The van der Waals surface area contributed by atoms with E-state index in [-0.39, 0.29) is 5.41 Å². The van der Waals surface area contributed by atoms with Crippen LogP contribution >= 0.6 is 11.6 Å². The Kier molecular flexibility index (Phi) is 4.62. The van der Waals surface area contributed by atoms with E-state index in [2.05, 4.69) is 21.6 Å². The number of anilines is 1. The summed E-state index contributed by atoms with van der Waals surface area (Å²) in [5.41, 5.74) is 10.0. The molecule has 0 radical (unpaired) electrons. The van der Waals surface area contributed by atoms with Crippen molar-refractivity contribution in [1.29, 1.82) is 0 Å². The minimum Gasteiger partial charge on any atom is -0.368 e. The van der Waals surface area contributed by atoms with Gasteiger partial charge in [-0.1, -0.05) is 48.0 Å². The number of aromatic nitrogens is 2. The first-order valence-electron chi connectivity index (χ1n) is 8.82. The van der Waals surface area contributed by atoms with Gasteiger partial charge in [0.05, 0.1) is 5.69 Å². The lowest BCUT2D eigenvalue weighted by atomic mass is 9.96. The van der Waals surface area contributed by atoms with Crippen LogP contribution < -0.4 is 11.1 Å². The Morgan fingerprint density at radius 2 is 1.85 bits per heavy atom. The van der Waals surface area contributed by atoms with Gasteiger partial charge in [0.1, 0.15) is 5.82 Å².